The third-order valence-corrected chi connectivity index (χ3v) is 3.64. The van der Waals surface area contributed by atoms with E-state index in [1.165, 1.54) is 18.2 Å². The number of urea groups is 1. The minimum atomic E-state index is -0.492. The zero-order valence-corrected chi connectivity index (χ0v) is 11.7. The molecular weight excluding hydrogens is 269 g/mol. The Kier molecular flexibility index (Phi) is 4.27. The fourth-order valence-electron chi connectivity index (χ4n) is 2.12. The molecule has 0 radical (unpaired) electrons. The minimum absolute atomic E-state index is 0.00499. The van der Waals surface area contributed by atoms with Gasteiger partial charge in [-0.3, -0.25) is 0 Å². The van der Waals surface area contributed by atoms with E-state index >= 15 is 0 Å². The average Bonchev–Trinajstić information content (AvgIpc) is 2.83. The maximum absolute atomic E-state index is 13.0. The van der Waals surface area contributed by atoms with E-state index in [2.05, 4.69) is 10.2 Å². The number of amides is 2. The highest BCUT2D eigenvalue weighted by atomic mass is 35.5. The van der Waals surface area contributed by atoms with Crippen LogP contribution in [-0.2, 0) is 0 Å². The molecule has 1 aromatic carbocycles. The molecule has 1 aliphatic rings. The van der Waals surface area contributed by atoms with Gasteiger partial charge in [0.15, 0.2) is 0 Å². The lowest BCUT2D eigenvalue weighted by molar-refractivity contribution is 0.216. The molecule has 0 bridgehead atoms. The van der Waals surface area contributed by atoms with E-state index in [9.17, 15) is 9.18 Å². The van der Waals surface area contributed by atoms with Crippen molar-refractivity contribution in [3.63, 3.8) is 0 Å². The van der Waals surface area contributed by atoms with Crippen LogP contribution in [0.5, 0.6) is 0 Å². The molecule has 19 heavy (non-hydrogen) atoms. The summed E-state index contributed by atoms with van der Waals surface area (Å²) in [7, 11) is 4.01. The van der Waals surface area contributed by atoms with Crippen LogP contribution in [-0.4, -0.2) is 49.1 Å². The Morgan fingerprint density at radius 1 is 1.53 bits per heavy atom. The lowest BCUT2D eigenvalue weighted by Gasteiger charge is -2.20. The molecule has 1 atom stereocenters. The number of anilines is 1. The molecule has 0 unspecified atom stereocenters. The smallest absolute Gasteiger partial charge is 0.321 e. The van der Waals surface area contributed by atoms with Crippen molar-refractivity contribution in [3.05, 3.63) is 29.0 Å². The summed E-state index contributed by atoms with van der Waals surface area (Å²) < 4.78 is 13.0. The highest BCUT2D eigenvalue weighted by Crippen LogP contribution is 2.20. The van der Waals surface area contributed by atoms with Crippen molar-refractivity contribution in [2.45, 2.75) is 12.5 Å². The molecule has 1 saturated heterocycles. The summed E-state index contributed by atoms with van der Waals surface area (Å²) >= 11 is 5.68. The molecule has 0 saturated carbocycles. The Balaban J connectivity index is 1.96. The SMILES string of the molecule is CN(C)[C@H]1CCN(C(=O)Nc2ccc(F)c(Cl)c2)C1. The molecule has 1 aliphatic heterocycles. The molecule has 4 nitrogen and oxygen atoms in total. The second-order valence-corrected chi connectivity index (χ2v) is 5.32. The van der Waals surface area contributed by atoms with Crippen LogP contribution in [0.25, 0.3) is 0 Å². The van der Waals surface area contributed by atoms with Crippen molar-refractivity contribution in [3.8, 4) is 0 Å². The zero-order valence-electron chi connectivity index (χ0n) is 11.0. The highest BCUT2D eigenvalue weighted by Gasteiger charge is 2.27. The van der Waals surface area contributed by atoms with Gasteiger partial charge in [0.1, 0.15) is 5.82 Å². The molecule has 2 rings (SSSR count). The first-order chi connectivity index (χ1) is 8.97. The summed E-state index contributed by atoms with van der Waals surface area (Å²) in [4.78, 5) is 15.9. The molecule has 6 heteroatoms. The molecular formula is C13H17ClFN3O. The first-order valence-electron chi connectivity index (χ1n) is 6.15. The number of hydrogen-bond acceptors (Lipinski definition) is 2. The van der Waals surface area contributed by atoms with Gasteiger partial charge in [-0.25, -0.2) is 9.18 Å². The number of rotatable bonds is 2. The fraction of sp³-hybridized carbons (Fsp3) is 0.462. The van der Waals surface area contributed by atoms with Crippen LogP contribution in [0.2, 0.25) is 5.02 Å². The first kappa shape index (κ1) is 14.1. The minimum Gasteiger partial charge on any atom is -0.323 e. The van der Waals surface area contributed by atoms with Crippen molar-refractivity contribution in [1.29, 1.82) is 0 Å². The van der Waals surface area contributed by atoms with Gasteiger partial charge in [-0.2, -0.15) is 0 Å². The standard InChI is InChI=1S/C13H17ClFN3O/c1-17(2)10-5-6-18(8-10)13(19)16-9-3-4-12(15)11(14)7-9/h3-4,7,10H,5-6,8H2,1-2H3,(H,16,19)/t10-/m0/s1. The van der Waals surface area contributed by atoms with Gasteiger partial charge in [0.05, 0.1) is 5.02 Å². The van der Waals surface area contributed by atoms with Crippen LogP contribution in [0.15, 0.2) is 18.2 Å². The van der Waals surface area contributed by atoms with E-state index in [-0.39, 0.29) is 11.1 Å². The predicted molar refractivity (Wildman–Crippen MR) is 74.1 cm³/mol. The number of nitrogens with zero attached hydrogens (tertiary/aromatic N) is 2. The van der Waals surface area contributed by atoms with E-state index < -0.39 is 5.82 Å². The number of carbonyl (C=O) groups excluding carboxylic acids is 1. The van der Waals surface area contributed by atoms with E-state index in [1.807, 2.05) is 14.1 Å². The molecule has 0 aliphatic carbocycles. The number of likely N-dealkylation sites (N-methyl/N-ethyl adjacent to an activating group) is 1. The van der Waals surface area contributed by atoms with Gasteiger partial charge in [-0.15, -0.1) is 0 Å². The molecule has 104 valence electrons. The molecule has 0 aromatic heterocycles. The first-order valence-corrected chi connectivity index (χ1v) is 6.52. The molecule has 2 amide bonds. The van der Waals surface area contributed by atoms with Gasteiger partial charge in [-0.1, -0.05) is 11.6 Å². The maximum atomic E-state index is 13.0. The van der Waals surface area contributed by atoms with Gasteiger partial charge in [0.2, 0.25) is 0 Å². The largest absolute Gasteiger partial charge is 0.323 e. The quantitative estimate of drug-likeness (QED) is 0.907. The normalized spacial score (nSPS) is 19.0. The van der Waals surface area contributed by atoms with Gasteiger partial charge in [-0.05, 0) is 38.7 Å². The predicted octanol–water partition coefficient (Wildman–Crippen LogP) is 2.65. The van der Waals surface area contributed by atoms with Crippen LogP contribution < -0.4 is 5.32 Å². The van der Waals surface area contributed by atoms with Crippen molar-refractivity contribution < 1.29 is 9.18 Å². The van der Waals surface area contributed by atoms with Crippen molar-refractivity contribution in [1.82, 2.24) is 9.80 Å². The van der Waals surface area contributed by atoms with Gasteiger partial charge in [0.25, 0.3) is 0 Å². The zero-order chi connectivity index (χ0) is 14.0. The van der Waals surface area contributed by atoms with Crippen molar-refractivity contribution in [2.75, 3.05) is 32.5 Å². The Hall–Kier alpha value is -1.33. The fourth-order valence-corrected chi connectivity index (χ4v) is 2.30. The van der Waals surface area contributed by atoms with Crippen LogP contribution in [0.3, 0.4) is 0 Å². The summed E-state index contributed by atoms with van der Waals surface area (Å²) in [6, 6.07) is 4.37. The van der Waals surface area contributed by atoms with E-state index in [0.29, 0.717) is 18.3 Å². The number of likely N-dealkylation sites (tertiary alicyclic amines) is 1. The Morgan fingerprint density at radius 2 is 2.26 bits per heavy atom. The topological polar surface area (TPSA) is 35.6 Å². The van der Waals surface area contributed by atoms with Gasteiger partial charge < -0.3 is 15.1 Å². The molecule has 1 fully saturated rings. The second kappa shape index (κ2) is 5.75. The summed E-state index contributed by atoms with van der Waals surface area (Å²) in [5.74, 6) is -0.492. The Labute approximate surface area is 117 Å². The monoisotopic (exact) mass is 285 g/mol. The molecule has 0 spiro atoms. The van der Waals surface area contributed by atoms with E-state index in [0.717, 1.165) is 13.0 Å². The summed E-state index contributed by atoms with van der Waals surface area (Å²) in [5, 5.41) is 2.73. The van der Waals surface area contributed by atoms with Crippen LogP contribution >= 0.6 is 11.6 Å². The van der Waals surface area contributed by atoms with E-state index in [1.54, 1.807) is 4.90 Å². The van der Waals surface area contributed by atoms with Gasteiger partial charge in [0, 0.05) is 24.8 Å². The summed E-state index contributed by atoms with van der Waals surface area (Å²) in [5.41, 5.74) is 0.504. The summed E-state index contributed by atoms with van der Waals surface area (Å²) in [6.07, 6.45) is 0.963. The maximum Gasteiger partial charge on any atom is 0.321 e. The van der Waals surface area contributed by atoms with Crippen LogP contribution in [0.1, 0.15) is 6.42 Å². The summed E-state index contributed by atoms with van der Waals surface area (Å²) in [6.45, 7) is 1.43. The lowest BCUT2D eigenvalue weighted by atomic mass is 10.2. The number of halogens is 2. The Bertz CT molecular complexity index is 481. The van der Waals surface area contributed by atoms with Gasteiger partial charge >= 0.3 is 6.03 Å². The molecule has 1 aromatic rings. The lowest BCUT2D eigenvalue weighted by Crippen LogP contribution is -2.36. The van der Waals surface area contributed by atoms with Crippen LogP contribution in [0, 0.1) is 5.82 Å². The molecule has 1 N–H and O–H groups in total. The van der Waals surface area contributed by atoms with Crippen LogP contribution in [0.4, 0.5) is 14.9 Å². The number of carbonyl (C=O) groups is 1. The Morgan fingerprint density at radius 3 is 2.84 bits per heavy atom. The van der Waals surface area contributed by atoms with E-state index in [4.69, 9.17) is 11.6 Å². The van der Waals surface area contributed by atoms with Crippen molar-refractivity contribution in [2.24, 2.45) is 0 Å². The average molecular weight is 286 g/mol. The number of benzene rings is 1. The number of hydrogen-bond donors (Lipinski definition) is 1. The second-order valence-electron chi connectivity index (χ2n) is 4.91. The third kappa shape index (κ3) is 3.36. The highest BCUT2D eigenvalue weighted by molar-refractivity contribution is 6.31. The molecule has 1 heterocycles. The third-order valence-electron chi connectivity index (χ3n) is 3.35. The number of nitrogens with one attached hydrogen (secondary N) is 1. The van der Waals surface area contributed by atoms with Crippen molar-refractivity contribution >= 4 is 23.3 Å².